The lowest BCUT2D eigenvalue weighted by atomic mass is 9.99. The quantitative estimate of drug-likeness (QED) is 0.690. The van der Waals surface area contributed by atoms with Gasteiger partial charge in [0.15, 0.2) is 0 Å². The molecule has 7 nitrogen and oxygen atoms in total. The molecule has 0 saturated carbocycles. The number of rotatable bonds is 7. The molecule has 2 aliphatic rings. The lowest BCUT2D eigenvalue weighted by molar-refractivity contribution is -0.126. The van der Waals surface area contributed by atoms with Gasteiger partial charge in [0, 0.05) is 38.4 Å². The van der Waals surface area contributed by atoms with E-state index in [4.69, 9.17) is 4.74 Å². The molecule has 2 fully saturated rings. The van der Waals surface area contributed by atoms with Gasteiger partial charge in [-0.25, -0.2) is 8.42 Å². The van der Waals surface area contributed by atoms with Crippen LogP contribution in [0.4, 0.5) is 5.69 Å². The number of sulfonamides is 1. The molecule has 2 heterocycles. The van der Waals surface area contributed by atoms with Crippen LogP contribution in [0.5, 0.6) is 0 Å². The molecule has 0 spiro atoms. The molecule has 1 unspecified atom stereocenters. The minimum absolute atomic E-state index is 0.0662. The van der Waals surface area contributed by atoms with Crippen molar-refractivity contribution in [2.24, 2.45) is 5.92 Å². The summed E-state index contributed by atoms with van der Waals surface area (Å²) in [5.74, 6) is -0.384. The minimum Gasteiger partial charge on any atom is -0.378 e. The van der Waals surface area contributed by atoms with E-state index >= 15 is 0 Å². The maximum atomic E-state index is 13.2. The molecule has 1 amide bonds. The summed E-state index contributed by atoms with van der Waals surface area (Å²) >= 11 is 0. The van der Waals surface area contributed by atoms with E-state index in [1.54, 1.807) is 12.1 Å². The number of amides is 1. The molecule has 172 valence electrons. The van der Waals surface area contributed by atoms with Crippen molar-refractivity contribution < 1.29 is 17.9 Å². The molecule has 2 saturated heterocycles. The molecule has 2 aliphatic heterocycles. The van der Waals surface area contributed by atoms with Crippen molar-refractivity contribution in [1.29, 1.82) is 0 Å². The summed E-state index contributed by atoms with van der Waals surface area (Å²) in [5, 5.41) is 2.98. The molecule has 0 bridgehead atoms. The van der Waals surface area contributed by atoms with E-state index in [0.29, 0.717) is 39.1 Å². The fourth-order valence-corrected chi connectivity index (χ4v) is 5.82. The summed E-state index contributed by atoms with van der Waals surface area (Å²) in [4.78, 5) is 15.1. The average Bonchev–Trinajstić information content (AvgIpc) is 2.85. The van der Waals surface area contributed by atoms with Crippen LogP contribution in [0.1, 0.15) is 18.4 Å². The third-order valence-corrected chi connectivity index (χ3v) is 8.04. The molecule has 8 heteroatoms. The average molecular weight is 458 g/mol. The highest BCUT2D eigenvalue weighted by atomic mass is 32.2. The Morgan fingerprint density at radius 3 is 2.44 bits per heavy atom. The van der Waals surface area contributed by atoms with E-state index in [9.17, 15) is 13.2 Å². The van der Waals surface area contributed by atoms with E-state index in [1.165, 1.54) is 9.87 Å². The fourth-order valence-electron chi connectivity index (χ4n) is 4.29. The highest BCUT2D eigenvalue weighted by Crippen LogP contribution is 2.26. The minimum atomic E-state index is -3.63. The smallest absolute Gasteiger partial charge is 0.243 e. The number of hydrogen-bond acceptors (Lipinski definition) is 5. The van der Waals surface area contributed by atoms with E-state index < -0.39 is 10.0 Å². The third kappa shape index (κ3) is 5.49. The Balaban J connectivity index is 1.34. The number of morpholine rings is 1. The van der Waals surface area contributed by atoms with Crippen LogP contribution in [-0.4, -0.2) is 64.6 Å². The zero-order valence-electron chi connectivity index (χ0n) is 18.3. The third-order valence-electron chi connectivity index (χ3n) is 6.16. The monoisotopic (exact) mass is 457 g/mol. The Morgan fingerprint density at radius 1 is 1.00 bits per heavy atom. The number of benzene rings is 2. The molecule has 32 heavy (non-hydrogen) atoms. The van der Waals surface area contributed by atoms with Crippen LogP contribution in [0.25, 0.3) is 0 Å². The van der Waals surface area contributed by atoms with Gasteiger partial charge in [0.1, 0.15) is 0 Å². The lowest BCUT2D eigenvalue weighted by Gasteiger charge is -2.31. The number of nitrogens with zero attached hydrogens (tertiary/aromatic N) is 2. The first-order chi connectivity index (χ1) is 15.5. The lowest BCUT2D eigenvalue weighted by Crippen LogP contribution is -2.45. The Kier molecular flexibility index (Phi) is 7.44. The summed E-state index contributed by atoms with van der Waals surface area (Å²) in [6.45, 7) is 4.20. The second kappa shape index (κ2) is 10.5. The molecule has 1 N–H and O–H groups in total. The zero-order chi connectivity index (χ0) is 22.4. The second-order valence-electron chi connectivity index (χ2n) is 8.32. The van der Waals surface area contributed by atoms with Gasteiger partial charge in [0.25, 0.3) is 0 Å². The van der Waals surface area contributed by atoms with Gasteiger partial charge in [-0.05, 0) is 49.1 Å². The largest absolute Gasteiger partial charge is 0.378 e. The normalized spacial score (nSPS) is 20.1. The number of anilines is 1. The molecular weight excluding hydrogens is 426 g/mol. The van der Waals surface area contributed by atoms with Gasteiger partial charge in [0.2, 0.25) is 15.9 Å². The topological polar surface area (TPSA) is 79.0 Å². The molecule has 1 atom stereocenters. The molecule has 0 aliphatic carbocycles. The molecule has 4 rings (SSSR count). The Bertz CT molecular complexity index is 990. The molecule has 0 radical (unpaired) electrons. The number of carbonyl (C=O) groups is 1. The van der Waals surface area contributed by atoms with Crippen molar-refractivity contribution in [3.05, 3.63) is 60.2 Å². The first kappa shape index (κ1) is 22.8. The van der Waals surface area contributed by atoms with Gasteiger partial charge in [-0.3, -0.25) is 4.79 Å². The number of ether oxygens (including phenoxy) is 1. The summed E-state index contributed by atoms with van der Waals surface area (Å²) in [6.07, 6.45) is 2.15. The first-order valence-corrected chi connectivity index (χ1v) is 12.7. The molecular formula is C24H31N3O4S. The molecule has 2 aromatic carbocycles. The van der Waals surface area contributed by atoms with Crippen LogP contribution in [0.15, 0.2) is 59.5 Å². The Labute approximate surface area is 190 Å². The number of piperidine rings is 1. The summed E-state index contributed by atoms with van der Waals surface area (Å²) < 4.78 is 33.2. The van der Waals surface area contributed by atoms with Gasteiger partial charge in [-0.15, -0.1) is 0 Å². The number of nitrogens with one attached hydrogen (secondary N) is 1. The summed E-state index contributed by atoms with van der Waals surface area (Å²) in [5.41, 5.74) is 2.17. The van der Waals surface area contributed by atoms with Crippen LogP contribution < -0.4 is 10.2 Å². The van der Waals surface area contributed by atoms with Crippen molar-refractivity contribution >= 4 is 21.6 Å². The van der Waals surface area contributed by atoms with E-state index in [0.717, 1.165) is 25.2 Å². The van der Waals surface area contributed by atoms with E-state index in [2.05, 4.69) is 10.2 Å². The Hall–Kier alpha value is -2.42. The van der Waals surface area contributed by atoms with Crippen molar-refractivity contribution in [3.63, 3.8) is 0 Å². The van der Waals surface area contributed by atoms with Crippen molar-refractivity contribution in [1.82, 2.24) is 9.62 Å². The maximum Gasteiger partial charge on any atom is 0.243 e. The van der Waals surface area contributed by atoms with Crippen LogP contribution in [-0.2, 0) is 26.0 Å². The predicted octanol–water partition coefficient (Wildman–Crippen LogP) is 2.28. The predicted molar refractivity (Wildman–Crippen MR) is 124 cm³/mol. The number of hydrogen-bond donors (Lipinski definition) is 1. The Morgan fingerprint density at radius 2 is 1.72 bits per heavy atom. The van der Waals surface area contributed by atoms with Crippen LogP contribution >= 0.6 is 0 Å². The summed E-state index contributed by atoms with van der Waals surface area (Å²) in [7, 11) is -3.63. The molecule has 0 aromatic heterocycles. The van der Waals surface area contributed by atoms with Crippen LogP contribution in [0, 0.1) is 5.92 Å². The highest BCUT2D eigenvalue weighted by Gasteiger charge is 2.33. The highest BCUT2D eigenvalue weighted by molar-refractivity contribution is 7.89. The standard InChI is InChI=1S/C24H31N3O4S/c28-24(25-13-12-20-5-2-1-3-6-20)21-7-4-14-27(19-21)32(29,30)23-10-8-22(9-11-23)26-15-17-31-18-16-26/h1-3,5-6,8-11,21H,4,7,12-19H2,(H,25,28). The zero-order valence-corrected chi connectivity index (χ0v) is 19.1. The van der Waals surface area contributed by atoms with Gasteiger partial charge in [-0.2, -0.15) is 4.31 Å². The molecule has 2 aromatic rings. The van der Waals surface area contributed by atoms with Crippen molar-refractivity contribution in [3.8, 4) is 0 Å². The first-order valence-electron chi connectivity index (χ1n) is 11.3. The van der Waals surface area contributed by atoms with Gasteiger partial charge >= 0.3 is 0 Å². The van der Waals surface area contributed by atoms with Crippen molar-refractivity contribution in [2.75, 3.05) is 50.8 Å². The van der Waals surface area contributed by atoms with Gasteiger partial charge in [0.05, 0.1) is 24.0 Å². The van der Waals surface area contributed by atoms with Crippen molar-refractivity contribution in [2.45, 2.75) is 24.2 Å². The second-order valence-corrected chi connectivity index (χ2v) is 10.3. The fraction of sp³-hybridized carbons (Fsp3) is 0.458. The maximum absolute atomic E-state index is 13.2. The van der Waals surface area contributed by atoms with E-state index in [1.807, 2.05) is 42.5 Å². The van der Waals surface area contributed by atoms with Gasteiger partial charge < -0.3 is 15.0 Å². The van der Waals surface area contributed by atoms with E-state index in [-0.39, 0.29) is 23.3 Å². The summed E-state index contributed by atoms with van der Waals surface area (Å²) in [6, 6.07) is 17.0. The number of carbonyl (C=O) groups excluding carboxylic acids is 1. The van der Waals surface area contributed by atoms with Crippen LogP contribution in [0.3, 0.4) is 0 Å². The van der Waals surface area contributed by atoms with Crippen LogP contribution in [0.2, 0.25) is 0 Å². The SMILES string of the molecule is O=C(NCCc1ccccc1)C1CCCN(S(=O)(=O)c2ccc(N3CCOCC3)cc2)C1. The van der Waals surface area contributed by atoms with Gasteiger partial charge in [-0.1, -0.05) is 30.3 Å².